The van der Waals surface area contributed by atoms with Gasteiger partial charge in [0.05, 0.1) is 0 Å². The average Bonchev–Trinajstić information content (AvgIpc) is 2.30. The van der Waals surface area contributed by atoms with Crippen molar-refractivity contribution in [3.05, 3.63) is 24.0 Å². The van der Waals surface area contributed by atoms with Crippen molar-refractivity contribution in [3.63, 3.8) is 0 Å². The van der Waals surface area contributed by atoms with Crippen LogP contribution >= 0.6 is 0 Å². The van der Waals surface area contributed by atoms with Gasteiger partial charge in [-0.2, -0.15) is 0 Å². The highest BCUT2D eigenvalue weighted by molar-refractivity contribution is 5.86. The summed E-state index contributed by atoms with van der Waals surface area (Å²) in [4.78, 5) is 25.5. The van der Waals surface area contributed by atoms with Crippen LogP contribution in [0.25, 0.3) is 0 Å². The van der Waals surface area contributed by atoms with Crippen molar-refractivity contribution in [1.82, 2.24) is 10.3 Å². The van der Waals surface area contributed by atoms with Crippen LogP contribution in [0.5, 0.6) is 0 Å². The predicted octanol–water partition coefficient (Wildman–Crippen LogP) is 0.718. The largest absolute Gasteiger partial charge is 0.477 e. The molecule has 0 saturated carbocycles. The first-order chi connectivity index (χ1) is 8.13. The smallest absolute Gasteiger partial charge is 0.354 e. The summed E-state index contributed by atoms with van der Waals surface area (Å²) in [5.74, 6) is -1.11. The molecule has 0 aliphatic rings. The van der Waals surface area contributed by atoms with Crippen LogP contribution in [0.1, 0.15) is 23.8 Å². The molecule has 6 heteroatoms. The highest BCUT2D eigenvalue weighted by Crippen LogP contribution is 2.07. The quantitative estimate of drug-likeness (QED) is 0.678. The van der Waals surface area contributed by atoms with Crippen molar-refractivity contribution in [2.45, 2.75) is 13.3 Å². The average molecular weight is 237 g/mol. The van der Waals surface area contributed by atoms with Gasteiger partial charge in [-0.1, -0.05) is 0 Å². The summed E-state index contributed by atoms with van der Waals surface area (Å²) in [6, 6.07) is 3.09. The van der Waals surface area contributed by atoms with Crippen LogP contribution in [0.2, 0.25) is 0 Å². The number of aromatic carboxylic acids is 1. The number of rotatable bonds is 6. The molecule has 1 aromatic heterocycles. The Labute approximate surface area is 99.1 Å². The molecular weight excluding hydrogens is 222 g/mol. The standard InChI is InChI=1S/C11H15N3O3/c1-2-12-10(15)4-6-13-8-3-5-14-9(7-8)11(16)17/h3,5,7H,2,4,6H2,1H3,(H,12,15)(H,13,14)(H,16,17). The van der Waals surface area contributed by atoms with E-state index in [0.717, 1.165) is 0 Å². The van der Waals surface area contributed by atoms with E-state index in [1.165, 1.54) is 12.3 Å². The Morgan fingerprint density at radius 3 is 2.88 bits per heavy atom. The van der Waals surface area contributed by atoms with Crippen LogP contribution in [0, 0.1) is 0 Å². The molecule has 17 heavy (non-hydrogen) atoms. The number of hydrogen-bond donors (Lipinski definition) is 3. The van der Waals surface area contributed by atoms with Crippen LogP contribution in [0.3, 0.4) is 0 Å². The first-order valence-electron chi connectivity index (χ1n) is 5.33. The third kappa shape index (κ3) is 4.50. The first-order valence-corrected chi connectivity index (χ1v) is 5.33. The van der Waals surface area contributed by atoms with E-state index in [9.17, 15) is 9.59 Å². The summed E-state index contributed by atoms with van der Waals surface area (Å²) in [6.45, 7) is 2.92. The third-order valence-corrected chi connectivity index (χ3v) is 2.03. The van der Waals surface area contributed by atoms with E-state index >= 15 is 0 Å². The molecule has 0 atom stereocenters. The number of anilines is 1. The summed E-state index contributed by atoms with van der Waals surface area (Å²) in [5.41, 5.74) is 0.620. The first kappa shape index (κ1) is 13.0. The van der Waals surface area contributed by atoms with E-state index in [2.05, 4.69) is 15.6 Å². The fraction of sp³-hybridized carbons (Fsp3) is 0.364. The van der Waals surface area contributed by atoms with Gasteiger partial charge in [-0.15, -0.1) is 0 Å². The second-order valence-electron chi connectivity index (χ2n) is 3.37. The van der Waals surface area contributed by atoms with Gasteiger partial charge in [0.25, 0.3) is 0 Å². The maximum absolute atomic E-state index is 11.2. The van der Waals surface area contributed by atoms with E-state index < -0.39 is 5.97 Å². The lowest BCUT2D eigenvalue weighted by Crippen LogP contribution is -2.24. The molecule has 0 saturated heterocycles. The highest BCUT2D eigenvalue weighted by Gasteiger charge is 2.05. The molecule has 3 N–H and O–H groups in total. The van der Waals surface area contributed by atoms with Gasteiger partial charge in [-0.3, -0.25) is 4.79 Å². The minimum atomic E-state index is -1.07. The summed E-state index contributed by atoms with van der Waals surface area (Å²) < 4.78 is 0. The fourth-order valence-corrected chi connectivity index (χ4v) is 1.26. The van der Waals surface area contributed by atoms with Crippen molar-refractivity contribution in [1.29, 1.82) is 0 Å². The number of amides is 1. The summed E-state index contributed by atoms with van der Waals surface area (Å²) >= 11 is 0. The van der Waals surface area contributed by atoms with Crippen LogP contribution in [0.15, 0.2) is 18.3 Å². The van der Waals surface area contributed by atoms with Crippen molar-refractivity contribution in [3.8, 4) is 0 Å². The van der Waals surface area contributed by atoms with Crippen LogP contribution < -0.4 is 10.6 Å². The number of pyridine rings is 1. The Bertz CT molecular complexity index is 407. The number of carbonyl (C=O) groups is 2. The summed E-state index contributed by atoms with van der Waals surface area (Å²) in [6.07, 6.45) is 1.76. The van der Waals surface area contributed by atoms with Crippen molar-refractivity contribution >= 4 is 17.6 Å². The molecule has 1 rings (SSSR count). The molecule has 0 aliphatic carbocycles. The topological polar surface area (TPSA) is 91.3 Å². The molecular formula is C11H15N3O3. The molecule has 0 radical (unpaired) electrons. The van der Waals surface area contributed by atoms with Gasteiger partial charge in [0.2, 0.25) is 5.91 Å². The predicted molar refractivity (Wildman–Crippen MR) is 63.0 cm³/mol. The number of nitrogens with one attached hydrogen (secondary N) is 2. The summed E-state index contributed by atoms with van der Waals surface area (Å²) in [7, 11) is 0. The van der Waals surface area contributed by atoms with Gasteiger partial charge in [0.15, 0.2) is 0 Å². The number of hydrogen-bond acceptors (Lipinski definition) is 4. The number of carboxylic acids is 1. The number of nitrogens with zero attached hydrogens (tertiary/aromatic N) is 1. The second kappa shape index (κ2) is 6.47. The fourth-order valence-electron chi connectivity index (χ4n) is 1.26. The zero-order chi connectivity index (χ0) is 12.7. The van der Waals surface area contributed by atoms with E-state index in [0.29, 0.717) is 25.2 Å². The minimum Gasteiger partial charge on any atom is -0.477 e. The second-order valence-corrected chi connectivity index (χ2v) is 3.37. The van der Waals surface area contributed by atoms with Crippen LogP contribution in [-0.4, -0.2) is 35.1 Å². The van der Waals surface area contributed by atoms with Gasteiger partial charge in [-0.05, 0) is 19.1 Å². The van der Waals surface area contributed by atoms with Crippen molar-refractivity contribution < 1.29 is 14.7 Å². The number of carbonyl (C=O) groups excluding carboxylic acids is 1. The molecule has 0 bridgehead atoms. The molecule has 1 aromatic rings. The van der Waals surface area contributed by atoms with Gasteiger partial charge in [-0.25, -0.2) is 9.78 Å². The van der Waals surface area contributed by atoms with Crippen molar-refractivity contribution in [2.75, 3.05) is 18.4 Å². The Morgan fingerprint density at radius 2 is 2.24 bits per heavy atom. The zero-order valence-electron chi connectivity index (χ0n) is 9.56. The Kier molecular flexibility index (Phi) is 4.93. The lowest BCUT2D eigenvalue weighted by atomic mass is 10.3. The van der Waals surface area contributed by atoms with E-state index in [4.69, 9.17) is 5.11 Å². The molecule has 92 valence electrons. The Hall–Kier alpha value is -2.11. The van der Waals surface area contributed by atoms with E-state index in [1.54, 1.807) is 6.07 Å². The molecule has 1 amide bonds. The molecule has 0 unspecified atom stereocenters. The van der Waals surface area contributed by atoms with E-state index in [-0.39, 0.29) is 11.6 Å². The van der Waals surface area contributed by atoms with Gasteiger partial charge in [0, 0.05) is 31.4 Å². The molecule has 0 fully saturated rings. The van der Waals surface area contributed by atoms with Crippen LogP contribution in [-0.2, 0) is 4.79 Å². The number of aromatic nitrogens is 1. The van der Waals surface area contributed by atoms with Gasteiger partial charge < -0.3 is 15.7 Å². The minimum absolute atomic E-state index is 0.0204. The lowest BCUT2D eigenvalue weighted by molar-refractivity contribution is -0.120. The molecule has 0 aliphatic heterocycles. The Balaban J connectivity index is 2.44. The maximum atomic E-state index is 11.2. The highest BCUT2D eigenvalue weighted by atomic mass is 16.4. The molecule has 1 heterocycles. The number of carboxylic acid groups (broad SMARTS) is 1. The van der Waals surface area contributed by atoms with Crippen LogP contribution in [0.4, 0.5) is 5.69 Å². The van der Waals surface area contributed by atoms with Crippen molar-refractivity contribution in [2.24, 2.45) is 0 Å². The molecule has 0 aromatic carbocycles. The lowest BCUT2D eigenvalue weighted by Gasteiger charge is -2.06. The summed E-state index contributed by atoms with van der Waals surface area (Å²) in [5, 5.41) is 14.4. The van der Waals surface area contributed by atoms with E-state index in [1.807, 2.05) is 6.92 Å². The normalized spacial score (nSPS) is 9.71. The third-order valence-electron chi connectivity index (χ3n) is 2.03. The van der Waals surface area contributed by atoms with Gasteiger partial charge >= 0.3 is 5.97 Å². The SMILES string of the molecule is CCNC(=O)CCNc1ccnc(C(=O)O)c1. The maximum Gasteiger partial charge on any atom is 0.354 e. The zero-order valence-corrected chi connectivity index (χ0v) is 9.56. The van der Waals surface area contributed by atoms with Gasteiger partial charge in [0.1, 0.15) is 5.69 Å². The molecule has 6 nitrogen and oxygen atoms in total. The monoisotopic (exact) mass is 237 g/mol. The Morgan fingerprint density at radius 1 is 1.47 bits per heavy atom. The molecule has 0 spiro atoms.